The first-order valence-corrected chi connectivity index (χ1v) is 5.54. The van der Waals surface area contributed by atoms with Crippen LogP contribution in [0.3, 0.4) is 0 Å². The van der Waals surface area contributed by atoms with Crippen LogP contribution in [-0.4, -0.2) is 5.11 Å². The molecule has 0 aliphatic carbocycles. The molecule has 0 aromatic heterocycles. The standard InChI is InChI=1S/C13H20O/c1-3-5-7-11-8-6-9-12(10-11)13(14)4-2/h6,8-10,13-14H,3-5,7H2,1-2H3. The van der Waals surface area contributed by atoms with Crippen molar-refractivity contribution in [1.29, 1.82) is 0 Å². The maximum absolute atomic E-state index is 9.68. The van der Waals surface area contributed by atoms with Gasteiger partial charge in [-0.2, -0.15) is 0 Å². The van der Waals surface area contributed by atoms with E-state index in [1.807, 2.05) is 19.1 Å². The van der Waals surface area contributed by atoms with Gasteiger partial charge >= 0.3 is 0 Å². The van der Waals surface area contributed by atoms with Gasteiger partial charge in [-0.15, -0.1) is 0 Å². The number of aryl methyl sites for hydroxylation is 1. The molecule has 1 nitrogen and oxygen atoms in total. The van der Waals surface area contributed by atoms with Crippen molar-refractivity contribution < 1.29 is 5.11 Å². The van der Waals surface area contributed by atoms with Crippen LogP contribution in [0.1, 0.15) is 50.3 Å². The van der Waals surface area contributed by atoms with Crippen molar-refractivity contribution in [2.24, 2.45) is 0 Å². The molecule has 0 amide bonds. The van der Waals surface area contributed by atoms with Crippen molar-refractivity contribution in [2.45, 2.75) is 45.6 Å². The molecule has 0 fully saturated rings. The van der Waals surface area contributed by atoms with Gasteiger partial charge < -0.3 is 5.11 Å². The lowest BCUT2D eigenvalue weighted by Gasteiger charge is -2.09. The van der Waals surface area contributed by atoms with Crippen molar-refractivity contribution in [1.82, 2.24) is 0 Å². The van der Waals surface area contributed by atoms with Crippen LogP contribution in [0.2, 0.25) is 0 Å². The Morgan fingerprint density at radius 1 is 1.29 bits per heavy atom. The predicted molar refractivity (Wildman–Crippen MR) is 60.3 cm³/mol. The molecule has 0 bridgehead atoms. The van der Waals surface area contributed by atoms with E-state index in [1.165, 1.54) is 18.4 Å². The van der Waals surface area contributed by atoms with Crippen LogP contribution < -0.4 is 0 Å². The highest BCUT2D eigenvalue weighted by Gasteiger charge is 2.04. The summed E-state index contributed by atoms with van der Waals surface area (Å²) in [5.41, 5.74) is 2.40. The van der Waals surface area contributed by atoms with Crippen molar-refractivity contribution in [3.05, 3.63) is 35.4 Å². The first-order chi connectivity index (χ1) is 6.77. The first kappa shape index (κ1) is 11.3. The molecule has 0 spiro atoms. The molecule has 0 saturated heterocycles. The molecule has 0 aliphatic rings. The summed E-state index contributed by atoms with van der Waals surface area (Å²) in [6, 6.07) is 8.31. The molecule has 1 aromatic rings. The van der Waals surface area contributed by atoms with Gasteiger partial charge in [0.2, 0.25) is 0 Å². The van der Waals surface area contributed by atoms with Crippen LogP contribution in [0.25, 0.3) is 0 Å². The van der Waals surface area contributed by atoms with Crippen LogP contribution in [0, 0.1) is 0 Å². The van der Waals surface area contributed by atoms with E-state index in [-0.39, 0.29) is 6.10 Å². The summed E-state index contributed by atoms with van der Waals surface area (Å²) >= 11 is 0. The highest BCUT2D eigenvalue weighted by molar-refractivity contribution is 5.25. The number of rotatable bonds is 5. The van der Waals surface area contributed by atoms with E-state index < -0.39 is 0 Å². The van der Waals surface area contributed by atoms with Crippen LogP contribution >= 0.6 is 0 Å². The minimum atomic E-state index is -0.295. The number of aliphatic hydroxyl groups excluding tert-OH is 1. The second kappa shape index (κ2) is 5.82. The maximum Gasteiger partial charge on any atom is 0.0787 e. The zero-order valence-corrected chi connectivity index (χ0v) is 9.16. The zero-order chi connectivity index (χ0) is 10.4. The van der Waals surface area contributed by atoms with Gasteiger partial charge in [0.05, 0.1) is 6.10 Å². The molecule has 1 rings (SSSR count). The minimum absolute atomic E-state index is 0.295. The SMILES string of the molecule is CCCCc1cccc(C(O)CC)c1. The molecular formula is C13H20O. The summed E-state index contributed by atoms with van der Waals surface area (Å²) in [7, 11) is 0. The van der Waals surface area contributed by atoms with Gasteiger partial charge in [0, 0.05) is 0 Å². The minimum Gasteiger partial charge on any atom is -0.388 e. The quantitative estimate of drug-likeness (QED) is 0.757. The average molecular weight is 192 g/mol. The molecule has 0 radical (unpaired) electrons. The lowest BCUT2D eigenvalue weighted by molar-refractivity contribution is 0.173. The Bertz CT molecular complexity index is 268. The van der Waals surface area contributed by atoms with Gasteiger partial charge in [-0.25, -0.2) is 0 Å². The molecule has 14 heavy (non-hydrogen) atoms. The van der Waals surface area contributed by atoms with Crippen molar-refractivity contribution >= 4 is 0 Å². The third-order valence-electron chi connectivity index (χ3n) is 2.54. The molecule has 1 heteroatoms. The van der Waals surface area contributed by atoms with E-state index in [9.17, 15) is 5.11 Å². The second-order valence-corrected chi connectivity index (χ2v) is 3.77. The number of aliphatic hydroxyl groups is 1. The van der Waals surface area contributed by atoms with E-state index in [0.29, 0.717) is 0 Å². The van der Waals surface area contributed by atoms with E-state index in [1.54, 1.807) is 0 Å². The topological polar surface area (TPSA) is 20.2 Å². The van der Waals surface area contributed by atoms with Crippen molar-refractivity contribution in [3.63, 3.8) is 0 Å². The summed E-state index contributed by atoms with van der Waals surface area (Å²) in [5, 5.41) is 9.68. The first-order valence-electron chi connectivity index (χ1n) is 5.54. The van der Waals surface area contributed by atoms with E-state index >= 15 is 0 Å². The highest BCUT2D eigenvalue weighted by Crippen LogP contribution is 2.18. The monoisotopic (exact) mass is 192 g/mol. The molecule has 0 heterocycles. The Morgan fingerprint density at radius 3 is 2.71 bits per heavy atom. The molecule has 1 unspecified atom stereocenters. The number of benzene rings is 1. The van der Waals surface area contributed by atoms with Crippen molar-refractivity contribution in [2.75, 3.05) is 0 Å². The van der Waals surface area contributed by atoms with E-state index in [2.05, 4.69) is 19.1 Å². The van der Waals surface area contributed by atoms with Crippen LogP contribution in [0.5, 0.6) is 0 Å². The molecule has 78 valence electrons. The molecule has 1 N–H and O–H groups in total. The van der Waals surface area contributed by atoms with Gasteiger partial charge in [-0.3, -0.25) is 0 Å². The molecular weight excluding hydrogens is 172 g/mol. The van der Waals surface area contributed by atoms with E-state index in [0.717, 1.165) is 18.4 Å². The van der Waals surface area contributed by atoms with Gasteiger partial charge in [0.25, 0.3) is 0 Å². The fourth-order valence-electron chi connectivity index (χ4n) is 1.57. The van der Waals surface area contributed by atoms with Gasteiger partial charge in [-0.05, 0) is 30.4 Å². The summed E-state index contributed by atoms with van der Waals surface area (Å²) in [4.78, 5) is 0. The van der Waals surface area contributed by atoms with Crippen LogP contribution in [0.15, 0.2) is 24.3 Å². The Balaban J connectivity index is 2.68. The smallest absolute Gasteiger partial charge is 0.0787 e. The summed E-state index contributed by atoms with van der Waals surface area (Å²) in [5.74, 6) is 0. The highest BCUT2D eigenvalue weighted by atomic mass is 16.3. The third kappa shape index (κ3) is 3.15. The number of hydrogen-bond acceptors (Lipinski definition) is 1. The number of unbranched alkanes of at least 4 members (excludes halogenated alkanes) is 1. The summed E-state index contributed by atoms with van der Waals surface area (Å²) in [6.07, 6.45) is 4.07. The van der Waals surface area contributed by atoms with Crippen LogP contribution in [0.4, 0.5) is 0 Å². The Labute approximate surface area is 86.8 Å². The molecule has 0 aliphatic heterocycles. The Morgan fingerprint density at radius 2 is 2.07 bits per heavy atom. The zero-order valence-electron chi connectivity index (χ0n) is 9.16. The van der Waals surface area contributed by atoms with Gasteiger partial charge in [0.15, 0.2) is 0 Å². The second-order valence-electron chi connectivity index (χ2n) is 3.77. The lowest BCUT2D eigenvalue weighted by atomic mass is 10.0. The largest absolute Gasteiger partial charge is 0.388 e. The van der Waals surface area contributed by atoms with Crippen molar-refractivity contribution in [3.8, 4) is 0 Å². The van der Waals surface area contributed by atoms with E-state index in [4.69, 9.17) is 0 Å². The molecule has 0 saturated carbocycles. The normalized spacial score (nSPS) is 12.8. The van der Waals surface area contributed by atoms with Crippen LogP contribution in [-0.2, 0) is 6.42 Å². The molecule has 1 atom stereocenters. The fourth-order valence-corrected chi connectivity index (χ4v) is 1.57. The number of hydrogen-bond donors (Lipinski definition) is 1. The Kier molecular flexibility index (Phi) is 4.68. The molecule has 1 aromatic carbocycles. The lowest BCUT2D eigenvalue weighted by Crippen LogP contribution is -1.96. The fraction of sp³-hybridized carbons (Fsp3) is 0.538. The average Bonchev–Trinajstić information content (AvgIpc) is 2.25. The maximum atomic E-state index is 9.68. The summed E-state index contributed by atoms with van der Waals surface area (Å²) < 4.78 is 0. The summed E-state index contributed by atoms with van der Waals surface area (Å²) in [6.45, 7) is 4.20. The Hall–Kier alpha value is -0.820. The van der Waals surface area contributed by atoms with Gasteiger partial charge in [0.1, 0.15) is 0 Å². The third-order valence-corrected chi connectivity index (χ3v) is 2.54. The predicted octanol–water partition coefficient (Wildman–Crippen LogP) is 3.47. The van der Waals surface area contributed by atoms with Gasteiger partial charge in [-0.1, -0.05) is 44.5 Å².